The van der Waals surface area contributed by atoms with Crippen molar-refractivity contribution in [2.45, 2.75) is 45.1 Å². The van der Waals surface area contributed by atoms with Crippen molar-refractivity contribution in [2.75, 3.05) is 0 Å². The SMILES string of the molecule is CC1CCCCC1NC(=O)Cc1c(Cl)cccc1Cl.O=C(O)O. The second-order valence-corrected chi connectivity index (χ2v) is 6.41. The molecule has 0 aliphatic heterocycles. The van der Waals surface area contributed by atoms with Crippen molar-refractivity contribution in [1.82, 2.24) is 5.32 Å². The first-order valence-corrected chi connectivity index (χ1v) is 8.21. The van der Waals surface area contributed by atoms with Gasteiger partial charge in [0.25, 0.3) is 0 Å². The Hall–Kier alpha value is -1.46. The first kappa shape index (κ1) is 19.6. The van der Waals surface area contributed by atoms with Gasteiger partial charge in [-0.25, -0.2) is 4.79 Å². The Kier molecular flexibility index (Phi) is 8.20. The fraction of sp³-hybridized carbons (Fsp3) is 0.500. The van der Waals surface area contributed by atoms with Crippen LogP contribution in [0.15, 0.2) is 18.2 Å². The number of carbonyl (C=O) groups excluding carboxylic acids is 1. The van der Waals surface area contributed by atoms with Gasteiger partial charge in [0.15, 0.2) is 0 Å². The number of carbonyl (C=O) groups is 2. The summed E-state index contributed by atoms with van der Waals surface area (Å²) in [5, 5.41) is 18.2. The Morgan fingerprint density at radius 2 is 1.70 bits per heavy atom. The van der Waals surface area contributed by atoms with E-state index in [9.17, 15) is 4.79 Å². The Bertz CT molecular complexity index is 527. The highest BCUT2D eigenvalue weighted by Crippen LogP contribution is 2.26. The summed E-state index contributed by atoms with van der Waals surface area (Å²) in [5.41, 5.74) is 0.715. The number of benzene rings is 1. The molecule has 1 saturated carbocycles. The highest BCUT2D eigenvalue weighted by Gasteiger charge is 2.23. The Labute approximate surface area is 145 Å². The van der Waals surface area contributed by atoms with Gasteiger partial charge < -0.3 is 15.5 Å². The van der Waals surface area contributed by atoms with Crippen LogP contribution in [0.3, 0.4) is 0 Å². The molecule has 3 N–H and O–H groups in total. The van der Waals surface area contributed by atoms with E-state index >= 15 is 0 Å². The number of hydrogen-bond donors (Lipinski definition) is 3. The highest BCUT2D eigenvalue weighted by atomic mass is 35.5. The molecule has 1 amide bonds. The number of hydrogen-bond acceptors (Lipinski definition) is 2. The normalized spacial score (nSPS) is 20.1. The maximum Gasteiger partial charge on any atom is 0.503 e. The minimum Gasteiger partial charge on any atom is -0.450 e. The molecule has 23 heavy (non-hydrogen) atoms. The molecule has 1 aliphatic carbocycles. The Morgan fingerprint density at radius 1 is 1.17 bits per heavy atom. The lowest BCUT2D eigenvalue weighted by Gasteiger charge is -2.29. The molecule has 7 heteroatoms. The maximum atomic E-state index is 12.1. The van der Waals surface area contributed by atoms with Crippen LogP contribution in [-0.4, -0.2) is 28.3 Å². The van der Waals surface area contributed by atoms with Crippen LogP contribution in [0.2, 0.25) is 10.0 Å². The van der Waals surface area contributed by atoms with Gasteiger partial charge in [-0.3, -0.25) is 4.79 Å². The van der Waals surface area contributed by atoms with Gasteiger partial charge in [0.2, 0.25) is 5.91 Å². The van der Waals surface area contributed by atoms with E-state index in [1.54, 1.807) is 18.2 Å². The number of carboxylic acid groups (broad SMARTS) is 2. The first-order valence-electron chi connectivity index (χ1n) is 7.45. The van der Waals surface area contributed by atoms with E-state index in [-0.39, 0.29) is 12.3 Å². The minimum atomic E-state index is -1.83. The molecule has 0 aromatic heterocycles. The van der Waals surface area contributed by atoms with Crippen molar-refractivity contribution < 1.29 is 19.8 Å². The standard InChI is InChI=1S/C15H19Cl2NO.CH2O3/c1-10-5-2-3-8-14(10)18-15(19)9-11-12(16)6-4-7-13(11)17;2-1(3)4/h4,6-7,10,14H,2-3,5,8-9H2,1H3,(H,18,19);(H2,2,3,4). The number of halogens is 2. The van der Waals surface area contributed by atoms with Crippen molar-refractivity contribution in [1.29, 1.82) is 0 Å². The molecule has 0 saturated heterocycles. The van der Waals surface area contributed by atoms with E-state index in [0.29, 0.717) is 27.6 Å². The van der Waals surface area contributed by atoms with Crippen molar-refractivity contribution in [3.05, 3.63) is 33.8 Å². The lowest BCUT2D eigenvalue weighted by Crippen LogP contribution is -2.41. The number of rotatable bonds is 3. The molecule has 0 spiro atoms. The molecule has 1 aromatic carbocycles. The molecular formula is C16H21Cl2NO4. The molecule has 2 rings (SSSR count). The van der Waals surface area contributed by atoms with Gasteiger partial charge >= 0.3 is 6.16 Å². The monoisotopic (exact) mass is 361 g/mol. The highest BCUT2D eigenvalue weighted by molar-refractivity contribution is 6.36. The lowest BCUT2D eigenvalue weighted by molar-refractivity contribution is -0.121. The average molecular weight is 362 g/mol. The van der Waals surface area contributed by atoms with E-state index in [1.807, 2.05) is 0 Å². The van der Waals surface area contributed by atoms with Crippen LogP contribution in [0.1, 0.15) is 38.2 Å². The van der Waals surface area contributed by atoms with Crippen molar-refractivity contribution in [2.24, 2.45) is 5.92 Å². The first-order chi connectivity index (χ1) is 10.8. The van der Waals surface area contributed by atoms with Crippen molar-refractivity contribution in [3.8, 4) is 0 Å². The van der Waals surface area contributed by atoms with Crippen molar-refractivity contribution >= 4 is 35.3 Å². The molecular weight excluding hydrogens is 341 g/mol. The van der Waals surface area contributed by atoms with Crippen LogP contribution in [-0.2, 0) is 11.2 Å². The van der Waals surface area contributed by atoms with Gasteiger partial charge in [-0.1, -0.05) is 49.0 Å². The summed E-state index contributed by atoms with van der Waals surface area (Å²) in [7, 11) is 0. The molecule has 128 valence electrons. The van der Waals surface area contributed by atoms with Crippen LogP contribution < -0.4 is 5.32 Å². The molecule has 0 heterocycles. The van der Waals surface area contributed by atoms with Gasteiger partial charge in [-0.15, -0.1) is 0 Å². The third-order valence-electron chi connectivity index (χ3n) is 3.86. The number of amides is 1. The van der Waals surface area contributed by atoms with E-state index in [1.165, 1.54) is 19.3 Å². The predicted octanol–water partition coefficient (Wildman–Crippen LogP) is 4.45. The minimum absolute atomic E-state index is 0.00810. The number of nitrogens with one attached hydrogen (secondary N) is 1. The molecule has 1 aliphatic rings. The summed E-state index contributed by atoms with van der Waals surface area (Å²) in [4.78, 5) is 20.7. The summed E-state index contributed by atoms with van der Waals surface area (Å²) in [5.74, 6) is 0.563. The van der Waals surface area contributed by atoms with Crippen LogP contribution in [0.4, 0.5) is 4.79 Å². The van der Waals surface area contributed by atoms with Gasteiger partial charge in [0, 0.05) is 16.1 Å². The van der Waals surface area contributed by atoms with Gasteiger partial charge in [0.1, 0.15) is 0 Å². The zero-order chi connectivity index (χ0) is 17.4. The summed E-state index contributed by atoms with van der Waals surface area (Å²) in [6, 6.07) is 5.61. The molecule has 2 atom stereocenters. The zero-order valence-corrected chi connectivity index (χ0v) is 14.4. The van der Waals surface area contributed by atoms with Gasteiger partial charge in [0.05, 0.1) is 6.42 Å². The van der Waals surface area contributed by atoms with Crippen LogP contribution in [0, 0.1) is 5.92 Å². The zero-order valence-electron chi connectivity index (χ0n) is 12.9. The lowest BCUT2D eigenvalue weighted by atomic mass is 9.86. The topological polar surface area (TPSA) is 86.6 Å². The molecule has 1 fully saturated rings. The molecule has 1 aromatic rings. The third-order valence-corrected chi connectivity index (χ3v) is 4.57. The van der Waals surface area contributed by atoms with Crippen LogP contribution >= 0.6 is 23.2 Å². The van der Waals surface area contributed by atoms with Crippen molar-refractivity contribution in [3.63, 3.8) is 0 Å². The quantitative estimate of drug-likeness (QED) is 0.741. The molecule has 0 bridgehead atoms. The molecule has 5 nitrogen and oxygen atoms in total. The summed E-state index contributed by atoms with van der Waals surface area (Å²) < 4.78 is 0. The average Bonchev–Trinajstić information content (AvgIpc) is 2.45. The predicted molar refractivity (Wildman–Crippen MR) is 90.4 cm³/mol. The van der Waals surface area contributed by atoms with Gasteiger partial charge in [-0.2, -0.15) is 0 Å². The van der Waals surface area contributed by atoms with E-state index < -0.39 is 6.16 Å². The largest absolute Gasteiger partial charge is 0.503 e. The molecule has 2 unspecified atom stereocenters. The third kappa shape index (κ3) is 7.10. The summed E-state index contributed by atoms with van der Waals surface area (Å²) in [6.07, 6.45) is 3.15. The van der Waals surface area contributed by atoms with E-state index in [0.717, 1.165) is 6.42 Å². The molecule has 0 radical (unpaired) electrons. The smallest absolute Gasteiger partial charge is 0.450 e. The fourth-order valence-corrected chi connectivity index (χ4v) is 3.18. The maximum absolute atomic E-state index is 12.1. The fourth-order valence-electron chi connectivity index (χ4n) is 2.65. The Morgan fingerprint density at radius 3 is 2.22 bits per heavy atom. The Balaban J connectivity index is 0.000000593. The van der Waals surface area contributed by atoms with E-state index in [4.69, 9.17) is 38.2 Å². The second-order valence-electron chi connectivity index (χ2n) is 5.60. The second kappa shape index (κ2) is 9.63. The van der Waals surface area contributed by atoms with E-state index in [2.05, 4.69) is 12.2 Å². The summed E-state index contributed by atoms with van der Waals surface area (Å²) >= 11 is 12.2. The summed E-state index contributed by atoms with van der Waals surface area (Å²) in [6.45, 7) is 2.20. The van der Waals surface area contributed by atoms with Gasteiger partial charge in [-0.05, 0) is 36.5 Å². The van der Waals surface area contributed by atoms with Crippen LogP contribution in [0.5, 0.6) is 0 Å². The van der Waals surface area contributed by atoms with Crippen LogP contribution in [0.25, 0.3) is 0 Å².